The molecule has 1 heterocycles. The van der Waals surface area contributed by atoms with E-state index in [-0.39, 0.29) is 15.1 Å². The van der Waals surface area contributed by atoms with E-state index in [1.165, 1.54) is 12.3 Å². The molecule has 0 aliphatic heterocycles. The quantitative estimate of drug-likeness (QED) is 0.857. The molecule has 0 atom stereocenters. The van der Waals surface area contributed by atoms with E-state index >= 15 is 0 Å². The number of rotatable bonds is 5. The fraction of sp³-hybridized carbons (Fsp3) is 0.154. The number of pyridine rings is 1. The van der Waals surface area contributed by atoms with E-state index in [0.717, 1.165) is 5.56 Å². The van der Waals surface area contributed by atoms with Crippen molar-refractivity contribution in [3.8, 4) is 0 Å². The minimum Gasteiger partial charge on any atom is -0.242 e. The Morgan fingerprint density at radius 2 is 1.85 bits per heavy atom. The smallest absolute Gasteiger partial charge is 0.242 e. The van der Waals surface area contributed by atoms with Gasteiger partial charge in [-0.05, 0) is 18.1 Å². The normalized spacial score (nSPS) is 11.5. The molecule has 0 aliphatic carbocycles. The summed E-state index contributed by atoms with van der Waals surface area (Å²) in [5.41, 5.74) is 1.06. The third-order valence-electron chi connectivity index (χ3n) is 2.63. The maximum Gasteiger partial charge on any atom is 0.242 e. The summed E-state index contributed by atoms with van der Waals surface area (Å²) in [6.45, 7) is 0.298. The molecule has 0 spiro atoms. The monoisotopic (exact) mass is 330 g/mol. The second-order valence-electron chi connectivity index (χ2n) is 4.08. The van der Waals surface area contributed by atoms with Crippen LogP contribution in [-0.4, -0.2) is 19.9 Å². The van der Waals surface area contributed by atoms with Crippen molar-refractivity contribution < 1.29 is 8.42 Å². The van der Waals surface area contributed by atoms with Gasteiger partial charge in [-0.25, -0.2) is 18.1 Å². The molecule has 4 nitrogen and oxygen atoms in total. The van der Waals surface area contributed by atoms with Crippen LogP contribution in [0.1, 0.15) is 5.56 Å². The van der Waals surface area contributed by atoms with Crippen LogP contribution in [0.25, 0.3) is 0 Å². The van der Waals surface area contributed by atoms with Crippen LogP contribution in [0.3, 0.4) is 0 Å². The molecule has 1 N–H and O–H groups in total. The van der Waals surface area contributed by atoms with E-state index < -0.39 is 10.0 Å². The Bertz CT molecular complexity index is 691. The largest absolute Gasteiger partial charge is 0.242 e. The zero-order valence-corrected chi connectivity index (χ0v) is 12.7. The van der Waals surface area contributed by atoms with Gasteiger partial charge in [0.1, 0.15) is 10.0 Å². The van der Waals surface area contributed by atoms with Crippen LogP contribution in [0, 0.1) is 0 Å². The van der Waals surface area contributed by atoms with Crippen LogP contribution in [0.15, 0.2) is 47.5 Å². The summed E-state index contributed by atoms with van der Waals surface area (Å²) in [6, 6.07) is 10.9. The molecule has 1 aromatic carbocycles. The molecule has 0 bridgehead atoms. The second-order valence-corrected chi connectivity index (χ2v) is 6.61. The van der Waals surface area contributed by atoms with Gasteiger partial charge in [-0.1, -0.05) is 53.5 Å². The minimum atomic E-state index is -3.63. The summed E-state index contributed by atoms with van der Waals surface area (Å²) >= 11 is 11.4. The highest BCUT2D eigenvalue weighted by atomic mass is 35.5. The number of nitrogens with zero attached hydrogens (tertiary/aromatic N) is 1. The van der Waals surface area contributed by atoms with Crippen LogP contribution in [0.4, 0.5) is 0 Å². The van der Waals surface area contributed by atoms with Crippen LogP contribution in [-0.2, 0) is 16.4 Å². The Labute approximate surface area is 127 Å². The molecule has 0 saturated carbocycles. The van der Waals surface area contributed by atoms with Crippen molar-refractivity contribution in [1.29, 1.82) is 0 Å². The topological polar surface area (TPSA) is 59.1 Å². The van der Waals surface area contributed by atoms with Gasteiger partial charge in [-0.3, -0.25) is 0 Å². The van der Waals surface area contributed by atoms with Crippen molar-refractivity contribution in [1.82, 2.24) is 9.71 Å². The Morgan fingerprint density at radius 3 is 2.50 bits per heavy atom. The summed E-state index contributed by atoms with van der Waals surface area (Å²) < 4.78 is 26.6. The maximum absolute atomic E-state index is 12.0. The number of halogens is 2. The van der Waals surface area contributed by atoms with E-state index in [4.69, 9.17) is 23.2 Å². The van der Waals surface area contributed by atoms with Gasteiger partial charge in [-0.2, -0.15) is 0 Å². The third kappa shape index (κ3) is 3.93. The molecule has 106 valence electrons. The van der Waals surface area contributed by atoms with Gasteiger partial charge in [0.05, 0.1) is 5.02 Å². The molecule has 0 saturated heterocycles. The highest BCUT2D eigenvalue weighted by Crippen LogP contribution is 2.21. The molecule has 7 heteroatoms. The maximum atomic E-state index is 12.0. The van der Waals surface area contributed by atoms with E-state index in [2.05, 4.69) is 9.71 Å². The minimum absolute atomic E-state index is 0.0000355. The molecular formula is C13H12Cl2N2O2S. The predicted molar refractivity (Wildman–Crippen MR) is 79.6 cm³/mol. The lowest BCUT2D eigenvalue weighted by Crippen LogP contribution is -2.26. The molecule has 2 rings (SSSR count). The first-order valence-electron chi connectivity index (χ1n) is 5.84. The fourth-order valence-corrected chi connectivity index (χ4v) is 2.94. The van der Waals surface area contributed by atoms with E-state index in [1.807, 2.05) is 30.3 Å². The molecule has 0 unspecified atom stereocenters. The molecule has 0 aliphatic rings. The van der Waals surface area contributed by atoms with Gasteiger partial charge in [0.25, 0.3) is 0 Å². The van der Waals surface area contributed by atoms with Crippen molar-refractivity contribution in [3.63, 3.8) is 0 Å². The molecular weight excluding hydrogens is 319 g/mol. The Balaban J connectivity index is 2.02. The fourth-order valence-electron chi connectivity index (χ4n) is 1.61. The first kappa shape index (κ1) is 15.3. The summed E-state index contributed by atoms with van der Waals surface area (Å²) in [5.74, 6) is 0. The Hall–Kier alpha value is -1.14. The number of aromatic nitrogens is 1. The Kier molecular flexibility index (Phi) is 4.99. The van der Waals surface area contributed by atoms with Crippen LogP contribution >= 0.6 is 23.2 Å². The summed E-state index contributed by atoms with van der Waals surface area (Å²) in [5, 5.41) is 0.188. The van der Waals surface area contributed by atoms with Crippen LogP contribution in [0.2, 0.25) is 10.2 Å². The van der Waals surface area contributed by atoms with E-state index in [1.54, 1.807) is 0 Å². The van der Waals surface area contributed by atoms with Crippen molar-refractivity contribution in [3.05, 3.63) is 58.3 Å². The number of hydrogen-bond donors (Lipinski definition) is 1. The second kappa shape index (κ2) is 6.54. The lowest BCUT2D eigenvalue weighted by Gasteiger charge is -2.07. The van der Waals surface area contributed by atoms with Crippen molar-refractivity contribution >= 4 is 33.2 Å². The average molecular weight is 331 g/mol. The highest BCUT2D eigenvalue weighted by molar-refractivity contribution is 7.89. The summed E-state index contributed by atoms with van der Waals surface area (Å²) in [7, 11) is -3.63. The lowest BCUT2D eigenvalue weighted by atomic mass is 10.2. The molecule has 0 radical (unpaired) electrons. The van der Waals surface area contributed by atoms with E-state index in [0.29, 0.717) is 13.0 Å². The number of sulfonamides is 1. The van der Waals surface area contributed by atoms with Gasteiger partial charge in [0.15, 0.2) is 0 Å². The molecule has 0 amide bonds. The first-order chi connectivity index (χ1) is 9.49. The van der Waals surface area contributed by atoms with Crippen LogP contribution in [0.5, 0.6) is 0 Å². The van der Waals surface area contributed by atoms with Gasteiger partial charge >= 0.3 is 0 Å². The summed E-state index contributed by atoms with van der Waals surface area (Å²) in [4.78, 5) is 3.73. The first-order valence-corrected chi connectivity index (χ1v) is 8.07. The van der Waals surface area contributed by atoms with Crippen molar-refractivity contribution in [2.75, 3.05) is 6.54 Å². The zero-order chi connectivity index (χ0) is 14.6. The third-order valence-corrected chi connectivity index (χ3v) is 4.74. The number of benzene rings is 1. The number of hydrogen-bond acceptors (Lipinski definition) is 3. The van der Waals surface area contributed by atoms with Gasteiger partial charge in [0.2, 0.25) is 10.0 Å². The zero-order valence-electron chi connectivity index (χ0n) is 10.4. The predicted octanol–water partition coefficient (Wildman–Crippen LogP) is 2.91. The highest BCUT2D eigenvalue weighted by Gasteiger charge is 2.15. The van der Waals surface area contributed by atoms with Crippen molar-refractivity contribution in [2.24, 2.45) is 0 Å². The Morgan fingerprint density at radius 1 is 1.15 bits per heavy atom. The van der Waals surface area contributed by atoms with Gasteiger partial charge in [0, 0.05) is 12.7 Å². The van der Waals surface area contributed by atoms with Crippen molar-refractivity contribution in [2.45, 2.75) is 11.3 Å². The van der Waals surface area contributed by atoms with Crippen LogP contribution < -0.4 is 4.72 Å². The molecule has 1 aromatic heterocycles. The lowest BCUT2D eigenvalue weighted by molar-refractivity contribution is 0.581. The number of nitrogens with one attached hydrogen (secondary N) is 1. The van der Waals surface area contributed by atoms with Gasteiger partial charge in [-0.15, -0.1) is 0 Å². The standard InChI is InChI=1S/C13H12Cl2N2O2S/c14-12-8-11(9-16-13(12)15)20(18,19)17-7-6-10-4-2-1-3-5-10/h1-5,8-9,17H,6-7H2. The SMILES string of the molecule is O=S(=O)(NCCc1ccccc1)c1cnc(Cl)c(Cl)c1. The molecule has 0 fully saturated rings. The average Bonchev–Trinajstić information content (AvgIpc) is 2.43. The van der Waals surface area contributed by atoms with Gasteiger partial charge < -0.3 is 0 Å². The summed E-state index contributed by atoms with van der Waals surface area (Å²) in [6.07, 6.45) is 1.79. The van der Waals surface area contributed by atoms with E-state index in [9.17, 15) is 8.42 Å². The molecule has 20 heavy (non-hydrogen) atoms. The molecule has 2 aromatic rings.